The summed E-state index contributed by atoms with van der Waals surface area (Å²) in [5.41, 5.74) is 0.956. The summed E-state index contributed by atoms with van der Waals surface area (Å²) < 4.78 is 11.0. The van der Waals surface area contributed by atoms with Crippen molar-refractivity contribution >= 4 is 16.7 Å². The van der Waals surface area contributed by atoms with Crippen molar-refractivity contribution in [2.45, 2.75) is 30.9 Å². The van der Waals surface area contributed by atoms with Crippen LogP contribution in [0.1, 0.15) is 19.3 Å². The minimum absolute atomic E-state index is 0.0614. The summed E-state index contributed by atoms with van der Waals surface area (Å²) in [5, 5.41) is 4.64. The molecule has 104 valence electrons. The lowest BCUT2D eigenvalue weighted by Crippen LogP contribution is -2.37. The zero-order valence-electron chi connectivity index (χ0n) is 11.4. The predicted octanol–water partition coefficient (Wildman–Crippen LogP) is 2.37. The van der Waals surface area contributed by atoms with Gasteiger partial charge in [0.15, 0.2) is 0 Å². The lowest BCUT2D eigenvalue weighted by molar-refractivity contribution is 0.0745. The number of fused-ring (bicyclic) bond motifs is 3. The molecule has 20 heavy (non-hydrogen) atoms. The average Bonchev–Trinajstić information content (AvgIpc) is 3.07. The molecular weight excluding hydrogens is 254 g/mol. The Kier molecular flexibility index (Phi) is 2.57. The van der Waals surface area contributed by atoms with Crippen LogP contribution < -0.4 is 10.1 Å². The predicted molar refractivity (Wildman–Crippen MR) is 76.0 cm³/mol. The normalized spacial score (nSPS) is 27.9. The molecule has 1 saturated carbocycles. The monoisotopic (exact) mass is 271 g/mol. The zero-order valence-corrected chi connectivity index (χ0v) is 11.4. The van der Waals surface area contributed by atoms with Gasteiger partial charge in [-0.1, -0.05) is 0 Å². The highest BCUT2D eigenvalue weighted by Crippen LogP contribution is 2.41. The number of methoxy groups -OCH3 is 1. The van der Waals surface area contributed by atoms with Crippen LogP contribution >= 0.6 is 0 Å². The molecule has 2 fully saturated rings. The van der Waals surface area contributed by atoms with Crippen molar-refractivity contribution in [3.05, 3.63) is 24.5 Å². The van der Waals surface area contributed by atoms with Gasteiger partial charge in [-0.15, -0.1) is 0 Å². The first-order chi connectivity index (χ1) is 9.78. The van der Waals surface area contributed by atoms with Gasteiger partial charge < -0.3 is 14.8 Å². The molecule has 2 unspecified atom stereocenters. The fraction of sp³-hybridized carbons (Fsp3) is 0.467. The van der Waals surface area contributed by atoms with Crippen LogP contribution in [-0.2, 0) is 4.74 Å². The maximum Gasteiger partial charge on any atom is 0.137 e. The van der Waals surface area contributed by atoms with E-state index in [1.54, 1.807) is 13.4 Å². The van der Waals surface area contributed by atoms with Gasteiger partial charge in [0, 0.05) is 11.5 Å². The molecule has 1 aromatic carbocycles. The van der Waals surface area contributed by atoms with Crippen molar-refractivity contribution < 1.29 is 9.47 Å². The number of anilines is 1. The van der Waals surface area contributed by atoms with E-state index in [2.05, 4.69) is 15.3 Å². The van der Waals surface area contributed by atoms with Crippen molar-refractivity contribution in [1.82, 2.24) is 9.97 Å². The fourth-order valence-electron chi connectivity index (χ4n) is 3.29. The summed E-state index contributed by atoms with van der Waals surface area (Å²) >= 11 is 0. The molecule has 2 aromatic rings. The van der Waals surface area contributed by atoms with E-state index in [0.717, 1.165) is 48.3 Å². The molecule has 1 N–H and O–H groups in total. The van der Waals surface area contributed by atoms with Gasteiger partial charge in [-0.05, 0) is 31.4 Å². The highest BCUT2D eigenvalue weighted by Gasteiger charge is 2.46. The molecule has 5 nitrogen and oxygen atoms in total. The van der Waals surface area contributed by atoms with E-state index in [-0.39, 0.29) is 5.54 Å². The summed E-state index contributed by atoms with van der Waals surface area (Å²) in [7, 11) is 1.66. The molecule has 1 aliphatic heterocycles. The van der Waals surface area contributed by atoms with Crippen LogP contribution in [0.2, 0.25) is 0 Å². The Morgan fingerprint density at radius 3 is 3.05 bits per heavy atom. The number of nitrogens with one attached hydrogen (secondary N) is 1. The number of nitrogens with zero attached hydrogens (tertiary/aromatic N) is 2. The van der Waals surface area contributed by atoms with Gasteiger partial charge in [-0.2, -0.15) is 0 Å². The number of rotatable bonds is 3. The van der Waals surface area contributed by atoms with Crippen LogP contribution in [-0.4, -0.2) is 35.3 Å². The third-order valence-electron chi connectivity index (χ3n) is 4.39. The molecule has 2 heterocycles. The van der Waals surface area contributed by atoms with Crippen LogP contribution in [0, 0.1) is 0 Å². The number of aromatic nitrogens is 2. The second-order valence-electron chi connectivity index (χ2n) is 5.69. The summed E-state index contributed by atoms with van der Waals surface area (Å²) in [6.07, 6.45) is 5.40. The molecule has 2 atom stereocenters. The molecule has 0 spiro atoms. The number of ether oxygens (including phenoxy) is 2. The summed E-state index contributed by atoms with van der Waals surface area (Å²) in [5.74, 6) is 1.70. The van der Waals surface area contributed by atoms with Crippen LogP contribution in [0.5, 0.6) is 5.75 Å². The van der Waals surface area contributed by atoms with Gasteiger partial charge in [0.1, 0.15) is 17.9 Å². The van der Waals surface area contributed by atoms with Crippen molar-refractivity contribution in [3.8, 4) is 5.75 Å². The van der Waals surface area contributed by atoms with E-state index in [0.29, 0.717) is 6.10 Å². The maximum atomic E-state index is 5.75. The van der Waals surface area contributed by atoms with Crippen LogP contribution in [0.4, 0.5) is 5.82 Å². The standard InChI is InChI=1S/C15H17N3O2/c1-19-10-2-3-12-13(6-10)16-9-17-14(12)18-15-5-4-11(7-15)20-8-15/h2-3,6,9,11H,4-5,7-8H2,1H3,(H,16,17,18). The maximum absolute atomic E-state index is 5.75. The molecule has 5 heteroatoms. The van der Waals surface area contributed by atoms with Crippen molar-refractivity contribution in [2.24, 2.45) is 0 Å². The van der Waals surface area contributed by atoms with Crippen molar-refractivity contribution in [3.63, 3.8) is 0 Å². The van der Waals surface area contributed by atoms with E-state index < -0.39 is 0 Å². The fourth-order valence-corrected chi connectivity index (χ4v) is 3.29. The second kappa shape index (κ2) is 4.31. The highest BCUT2D eigenvalue weighted by atomic mass is 16.5. The zero-order chi connectivity index (χ0) is 13.6. The molecular formula is C15H17N3O2. The molecule has 0 amide bonds. The topological polar surface area (TPSA) is 56.3 Å². The van der Waals surface area contributed by atoms with Crippen LogP contribution in [0.25, 0.3) is 10.9 Å². The Hall–Kier alpha value is -1.88. The Morgan fingerprint density at radius 2 is 2.35 bits per heavy atom. The smallest absolute Gasteiger partial charge is 0.137 e. The number of hydrogen-bond donors (Lipinski definition) is 1. The van der Waals surface area contributed by atoms with Crippen molar-refractivity contribution in [1.29, 1.82) is 0 Å². The first-order valence-electron chi connectivity index (χ1n) is 6.97. The Balaban J connectivity index is 1.73. The molecule has 1 aliphatic carbocycles. The van der Waals surface area contributed by atoms with E-state index in [9.17, 15) is 0 Å². The van der Waals surface area contributed by atoms with E-state index >= 15 is 0 Å². The van der Waals surface area contributed by atoms with E-state index in [1.807, 2.05) is 18.2 Å². The number of hydrogen-bond acceptors (Lipinski definition) is 5. The van der Waals surface area contributed by atoms with Gasteiger partial charge >= 0.3 is 0 Å². The SMILES string of the molecule is COc1ccc2c(NC34CCC(C3)OC4)ncnc2c1. The lowest BCUT2D eigenvalue weighted by Gasteiger charge is -2.28. The average molecular weight is 271 g/mol. The van der Waals surface area contributed by atoms with Crippen molar-refractivity contribution in [2.75, 3.05) is 19.0 Å². The molecule has 1 saturated heterocycles. The third kappa shape index (κ3) is 1.81. The first-order valence-corrected chi connectivity index (χ1v) is 6.97. The summed E-state index contributed by atoms with van der Waals surface area (Å²) in [4.78, 5) is 8.74. The Bertz CT molecular complexity index is 651. The molecule has 2 aliphatic rings. The second-order valence-corrected chi connectivity index (χ2v) is 5.69. The van der Waals surface area contributed by atoms with Gasteiger partial charge in [0.2, 0.25) is 0 Å². The molecule has 2 bridgehead atoms. The van der Waals surface area contributed by atoms with Gasteiger partial charge in [-0.3, -0.25) is 0 Å². The molecule has 1 aromatic heterocycles. The van der Waals surface area contributed by atoms with Crippen LogP contribution in [0.15, 0.2) is 24.5 Å². The largest absolute Gasteiger partial charge is 0.497 e. The summed E-state index contributed by atoms with van der Waals surface area (Å²) in [6.45, 7) is 0.777. The van der Waals surface area contributed by atoms with Gasteiger partial charge in [0.05, 0.1) is 30.9 Å². The van der Waals surface area contributed by atoms with Gasteiger partial charge in [0.25, 0.3) is 0 Å². The molecule has 4 rings (SSSR count). The highest BCUT2D eigenvalue weighted by molar-refractivity contribution is 5.90. The quantitative estimate of drug-likeness (QED) is 0.928. The minimum Gasteiger partial charge on any atom is -0.497 e. The Labute approximate surface area is 117 Å². The minimum atomic E-state index is 0.0614. The number of benzene rings is 1. The third-order valence-corrected chi connectivity index (χ3v) is 4.39. The van der Waals surface area contributed by atoms with E-state index in [1.165, 1.54) is 0 Å². The molecule has 0 radical (unpaired) electrons. The van der Waals surface area contributed by atoms with Crippen LogP contribution in [0.3, 0.4) is 0 Å². The Morgan fingerprint density at radius 1 is 1.40 bits per heavy atom. The lowest BCUT2D eigenvalue weighted by atomic mass is 9.99. The van der Waals surface area contributed by atoms with E-state index in [4.69, 9.17) is 9.47 Å². The first kappa shape index (κ1) is 11.9. The summed E-state index contributed by atoms with van der Waals surface area (Å²) in [6, 6.07) is 5.88. The van der Waals surface area contributed by atoms with Gasteiger partial charge in [-0.25, -0.2) is 9.97 Å².